The Morgan fingerprint density at radius 2 is 0.449 bits per heavy atom. The van der Waals surface area contributed by atoms with Crippen LogP contribution in [0.15, 0.2) is 437 Å². The molecule has 0 aliphatic heterocycles. The van der Waals surface area contributed by atoms with Gasteiger partial charge in [-0.2, -0.15) is 0 Å². The highest BCUT2D eigenvalue weighted by atomic mass is 15.0. The SMILES string of the molecule is c1ccc(-c2ccc(-c3cc(-c4ccc(-c5cccc(-c6cccc7c6c6ccc(-c8cccc(-c9nc(-c%10cccc(-c%11ccccc%11)c%10)cc(-c%10ccc(-c%11cccc(-c%12cccc%13c%12c%12ccccc%12n%13-c%12ccccc%12)c%11)c%11ccccc%10%11)n9)c8)cc6n7-c6ccccc6)c5)c5ccccc45)nc(-c4ccccc4)n3)cc2)cc1. The summed E-state index contributed by atoms with van der Waals surface area (Å²) in [6, 6.07) is 157. The minimum Gasteiger partial charge on any atom is -0.309 e. The average Bonchev–Trinajstić information content (AvgIpc) is 1.57. The summed E-state index contributed by atoms with van der Waals surface area (Å²) in [7, 11) is 0. The first-order valence-corrected chi connectivity index (χ1v) is 40.2. The Labute approximate surface area is 683 Å². The Morgan fingerprint density at radius 1 is 0.144 bits per heavy atom. The van der Waals surface area contributed by atoms with E-state index in [0.29, 0.717) is 11.6 Å². The first-order chi connectivity index (χ1) is 58.5. The number of para-hydroxylation sites is 3. The molecule has 0 aliphatic carbocycles. The number of nitrogens with zero attached hydrogens (tertiary/aromatic N) is 6. The molecule has 0 bridgehead atoms. The third-order valence-corrected chi connectivity index (χ3v) is 23.4. The van der Waals surface area contributed by atoms with Gasteiger partial charge >= 0.3 is 0 Å². The van der Waals surface area contributed by atoms with E-state index in [1.54, 1.807) is 0 Å². The van der Waals surface area contributed by atoms with Gasteiger partial charge in [0, 0.05) is 66.3 Å². The minimum atomic E-state index is 0.636. The first kappa shape index (κ1) is 69.0. The normalized spacial score (nSPS) is 11.6. The Morgan fingerprint density at radius 3 is 0.983 bits per heavy atom. The number of aromatic nitrogens is 6. The lowest BCUT2D eigenvalue weighted by atomic mass is 9.91. The molecule has 0 spiro atoms. The fourth-order valence-electron chi connectivity index (χ4n) is 17.8. The van der Waals surface area contributed by atoms with E-state index in [1.165, 1.54) is 38.3 Å². The maximum Gasteiger partial charge on any atom is 0.160 e. The second kappa shape index (κ2) is 29.3. The molecule has 0 aliphatic rings. The summed E-state index contributed by atoms with van der Waals surface area (Å²) in [4.78, 5) is 21.8. The highest BCUT2D eigenvalue weighted by molar-refractivity contribution is 6.18. The summed E-state index contributed by atoms with van der Waals surface area (Å²) in [5.41, 5.74) is 32.1. The van der Waals surface area contributed by atoms with Crippen LogP contribution in [0.5, 0.6) is 0 Å². The van der Waals surface area contributed by atoms with E-state index in [4.69, 9.17) is 19.9 Å². The summed E-state index contributed by atoms with van der Waals surface area (Å²) >= 11 is 0. The van der Waals surface area contributed by atoms with Gasteiger partial charge < -0.3 is 9.13 Å². The summed E-state index contributed by atoms with van der Waals surface area (Å²) in [5, 5.41) is 9.30. The molecule has 0 unspecified atom stereocenters. The van der Waals surface area contributed by atoms with Crippen molar-refractivity contribution >= 4 is 65.2 Å². The van der Waals surface area contributed by atoms with E-state index in [2.05, 4.69) is 428 Å². The van der Waals surface area contributed by atoms with Crippen LogP contribution in [-0.2, 0) is 0 Å². The number of rotatable bonds is 15. The molecule has 0 radical (unpaired) electrons. The van der Waals surface area contributed by atoms with Crippen molar-refractivity contribution in [2.75, 3.05) is 0 Å². The van der Waals surface area contributed by atoms with Crippen LogP contribution in [0.2, 0.25) is 0 Å². The zero-order chi connectivity index (χ0) is 78.0. The van der Waals surface area contributed by atoms with Gasteiger partial charge in [0.2, 0.25) is 0 Å². The molecule has 4 heterocycles. The van der Waals surface area contributed by atoms with Gasteiger partial charge in [-0.05, 0) is 184 Å². The maximum atomic E-state index is 5.64. The molecule has 0 saturated carbocycles. The monoisotopic (exact) mass is 1500 g/mol. The smallest absolute Gasteiger partial charge is 0.160 e. The predicted molar refractivity (Wildman–Crippen MR) is 492 cm³/mol. The van der Waals surface area contributed by atoms with E-state index in [-0.39, 0.29) is 0 Å². The van der Waals surface area contributed by atoms with E-state index < -0.39 is 0 Å². The van der Waals surface area contributed by atoms with Gasteiger partial charge in [-0.1, -0.05) is 352 Å². The molecule has 0 N–H and O–H groups in total. The lowest BCUT2D eigenvalue weighted by Crippen LogP contribution is -1.97. The molecule has 22 aromatic rings. The van der Waals surface area contributed by atoms with E-state index in [0.717, 1.165) is 172 Å². The second-order valence-corrected chi connectivity index (χ2v) is 30.3. The fourth-order valence-corrected chi connectivity index (χ4v) is 17.8. The van der Waals surface area contributed by atoms with Crippen molar-refractivity contribution in [1.29, 1.82) is 0 Å². The highest BCUT2D eigenvalue weighted by Gasteiger charge is 2.24. The zero-order valence-corrected chi connectivity index (χ0v) is 64.3. The van der Waals surface area contributed by atoms with Crippen LogP contribution in [0.4, 0.5) is 0 Å². The van der Waals surface area contributed by atoms with Crippen molar-refractivity contribution in [2.45, 2.75) is 0 Å². The van der Waals surface area contributed by atoms with Crippen molar-refractivity contribution in [3.05, 3.63) is 437 Å². The van der Waals surface area contributed by atoms with Gasteiger partial charge in [-0.25, -0.2) is 19.9 Å². The van der Waals surface area contributed by atoms with Gasteiger partial charge in [-0.15, -0.1) is 0 Å². The largest absolute Gasteiger partial charge is 0.309 e. The first-order valence-electron chi connectivity index (χ1n) is 40.2. The Hall–Kier alpha value is -15.8. The summed E-state index contributed by atoms with van der Waals surface area (Å²) < 4.78 is 4.82. The van der Waals surface area contributed by atoms with Gasteiger partial charge in [0.25, 0.3) is 0 Å². The second-order valence-electron chi connectivity index (χ2n) is 30.3. The summed E-state index contributed by atoms with van der Waals surface area (Å²) in [6.07, 6.45) is 0. The van der Waals surface area contributed by atoms with Crippen molar-refractivity contribution in [2.24, 2.45) is 0 Å². The topological polar surface area (TPSA) is 61.4 Å². The van der Waals surface area contributed by atoms with Crippen LogP contribution in [0.3, 0.4) is 0 Å². The van der Waals surface area contributed by atoms with Crippen molar-refractivity contribution < 1.29 is 0 Å². The number of fused-ring (bicyclic) bond motifs is 8. The predicted octanol–water partition coefficient (Wildman–Crippen LogP) is 29.4. The average molecular weight is 1500 g/mol. The molecule has 6 nitrogen and oxygen atoms in total. The lowest BCUT2D eigenvalue weighted by molar-refractivity contribution is 1.18. The van der Waals surface area contributed by atoms with Gasteiger partial charge in [0.15, 0.2) is 11.6 Å². The van der Waals surface area contributed by atoms with Crippen LogP contribution in [0.25, 0.3) is 222 Å². The Balaban J connectivity index is 0.633. The quantitative estimate of drug-likeness (QED) is 0.103. The van der Waals surface area contributed by atoms with Crippen LogP contribution in [0, 0.1) is 0 Å². The Bertz CT molecular complexity index is 7640. The third kappa shape index (κ3) is 12.4. The van der Waals surface area contributed by atoms with E-state index in [1.807, 2.05) is 18.2 Å². The molecule has 0 atom stereocenters. The maximum absolute atomic E-state index is 5.64. The third-order valence-electron chi connectivity index (χ3n) is 23.4. The van der Waals surface area contributed by atoms with Crippen LogP contribution in [0.1, 0.15) is 0 Å². The molecule has 22 rings (SSSR count). The van der Waals surface area contributed by atoms with Gasteiger partial charge in [0.05, 0.1) is 44.8 Å². The molecule has 118 heavy (non-hydrogen) atoms. The highest BCUT2D eigenvalue weighted by Crippen LogP contribution is 2.47. The summed E-state index contributed by atoms with van der Waals surface area (Å²) in [6.45, 7) is 0. The molecule has 0 amide bonds. The van der Waals surface area contributed by atoms with Gasteiger partial charge in [0.1, 0.15) is 0 Å². The lowest BCUT2D eigenvalue weighted by Gasteiger charge is -2.15. The fraction of sp³-hybridized carbons (Fsp3) is 0. The van der Waals surface area contributed by atoms with E-state index in [9.17, 15) is 0 Å². The van der Waals surface area contributed by atoms with Crippen LogP contribution < -0.4 is 0 Å². The van der Waals surface area contributed by atoms with Crippen molar-refractivity contribution in [3.8, 4) is 157 Å². The van der Waals surface area contributed by atoms with Crippen molar-refractivity contribution in [1.82, 2.24) is 29.1 Å². The molecular formula is C112H72N6. The van der Waals surface area contributed by atoms with Crippen LogP contribution >= 0.6 is 0 Å². The van der Waals surface area contributed by atoms with Crippen molar-refractivity contribution in [3.63, 3.8) is 0 Å². The number of benzene rings is 18. The standard InChI is InChI=1S/C112H72N6/c1-6-28-73(29-7-1)75-56-58-76(59-57-75)101-71-103(115-111(113-101)77-32-10-3-11-33-77)97-64-62-89(93-46-16-18-48-95(93)97)82-37-25-39-84(69-82)92-52-27-55-107-110(92)100-61-60-80(70-108(100)118(107)88-44-14-5-15-45-88)79-35-23-41-86(67-79)112-114-102(85-40-22-34-78(66-85)74-30-8-2-9-31-74)72-104(116-112)98-65-63-90(94-47-17-19-49-96(94)98)81-36-24-38-83(68-81)91-51-26-54-106-109(91)99-50-20-21-53-105(99)117(106)87-42-12-4-13-43-87/h1-72H. The zero-order valence-electron chi connectivity index (χ0n) is 64.3. The molecule has 6 heteroatoms. The molecule has 18 aromatic carbocycles. The Kier molecular flexibility index (Phi) is 17.1. The molecule has 0 saturated heterocycles. The molecule has 550 valence electrons. The van der Waals surface area contributed by atoms with Crippen LogP contribution in [-0.4, -0.2) is 29.1 Å². The minimum absolute atomic E-state index is 0.636. The molecule has 0 fully saturated rings. The molecule has 4 aromatic heterocycles. The molecular weight excluding hydrogens is 1430 g/mol. The summed E-state index contributed by atoms with van der Waals surface area (Å²) in [5.74, 6) is 1.32. The number of hydrogen-bond donors (Lipinski definition) is 0. The number of hydrogen-bond acceptors (Lipinski definition) is 4. The van der Waals surface area contributed by atoms with E-state index >= 15 is 0 Å². The van der Waals surface area contributed by atoms with Gasteiger partial charge in [-0.3, -0.25) is 0 Å².